The third kappa shape index (κ3) is 4.01. The zero-order valence-corrected chi connectivity index (χ0v) is 25.5. The maximum Gasteiger partial charge on any atom is 0.338 e. The van der Waals surface area contributed by atoms with Crippen molar-refractivity contribution >= 4 is 11.9 Å². The van der Waals surface area contributed by atoms with Crippen molar-refractivity contribution in [2.75, 3.05) is 0 Å². The van der Waals surface area contributed by atoms with Crippen LogP contribution in [-0.4, -0.2) is 24.1 Å². The van der Waals surface area contributed by atoms with Crippen LogP contribution in [-0.2, 0) is 14.9 Å². The molecular weight excluding hydrogens is 580 g/mol. The van der Waals surface area contributed by atoms with E-state index in [2.05, 4.69) is 72.8 Å². The summed E-state index contributed by atoms with van der Waals surface area (Å²) in [6, 6.07) is 51.9. The van der Waals surface area contributed by atoms with E-state index in [9.17, 15) is 9.59 Å². The van der Waals surface area contributed by atoms with Crippen LogP contribution in [0.15, 0.2) is 158 Å². The normalized spacial score (nSPS) is 22.7. The highest BCUT2D eigenvalue weighted by molar-refractivity contribution is 5.92. The van der Waals surface area contributed by atoms with E-state index in [-0.39, 0.29) is 11.8 Å². The molecule has 4 nitrogen and oxygen atoms in total. The number of ether oxygens (including phenoxy) is 2. The molecular formula is C43H30O4. The number of carbonyl (C=O) groups is 2. The van der Waals surface area contributed by atoms with Crippen LogP contribution in [0.3, 0.4) is 0 Å². The van der Waals surface area contributed by atoms with Crippen molar-refractivity contribution < 1.29 is 19.1 Å². The van der Waals surface area contributed by atoms with Crippen LogP contribution in [0.2, 0.25) is 0 Å². The summed E-state index contributed by atoms with van der Waals surface area (Å²) in [5.74, 6) is -1.23. The Hall–Kier alpha value is -5.74. The van der Waals surface area contributed by atoms with Gasteiger partial charge in [-0.05, 0) is 74.8 Å². The van der Waals surface area contributed by atoms with Crippen LogP contribution in [0.1, 0.15) is 54.8 Å². The van der Waals surface area contributed by atoms with Gasteiger partial charge in [-0.2, -0.15) is 0 Å². The van der Waals surface area contributed by atoms with Crippen molar-refractivity contribution in [3.63, 3.8) is 0 Å². The van der Waals surface area contributed by atoms with Gasteiger partial charge in [0.15, 0.2) is 0 Å². The van der Waals surface area contributed by atoms with Gasteiger partial charge < -0.3 is 9.47 Å². The molecule has 6 aromatic rings. The minimum Gasteiger partial charge on any atom is -0.454 e. The Morgan fingerprint density at radius 2 is 1.00 bits per heavy atom. The maximum atomic E-state index is 13.8. The molecule has 0 aromatic heterocycles. The van der Waals surface area contributed by atoms with E-state index in [4.69, 9.17) is 9.47 Å². The fourth-order valence-electron chi connectivity index (χ4n) is 8.49. The van der Waals surface area contributed by atoms with Gasteiger partial charge in [-0.15, -0.1) is 0 Å². The highest BCUT2D eigenvalue weighted by Gasteiger charge is 2.76. The Kier molecular flexibility index (Phi) is 6.26. The first-order chi connectivity index (χ1) is 23.2. The van der Waals surface area contributed by atoms with E-state index in [0.717, 1.165) is 33.4 Å². The summed E-state index contributed by atoms with van der Waals surface area (Å²) in [5, 5.41) is 0. The largest absolute Gasteiger partial charge is 0.454 e. The van der Waals surface area contributed by atoms with Crippen LogP contribution >= 0.6 is 0 Å². The van der Waals surface area contributed by atoms with Gasteiger partial charge in [0.2, 0.25) is 0 Å². The lowest BCUT2D eigenvalue weighted by Crippen LogP contribution is -2.54. The average Bonchev–Trinajstić information content (AvgIpc) is 3.31. The van der Waals surface area contributed by atoms with Crippen molar-refractivity contribution in [2.24, 2.45) is 0 Å². The number of rotatable bonds is 6. The Balaban J connectivity index is 1.24. The van der Waals surface area contributed by atoms with Crippen LogP contribution in [0.5, 0.6) is 0 Å². The highest BCUT2D eigenvalue weighted by atomic mass is 16.6. The molecule has 47 heavy (non-hydrogen) atoms. The summed E-state index contributed by atoms with van der Waals surface area (Å²) < 4.78 is 13.0. The molecule has 9 rings (SSSR count). The Morgan fingerprint density at radius 1 is 0.468 bits per heavy atom. The number of fused-ring (bicyclic) bond motifs is 4. The highest BCUT2D eigenvalue weighted by Crippen LogP contribution is 2.77. The van der Waals surface area contributed by atoms with Gasteiger partial charge in [0.25, 0.3) is 0 Å². The molecule has 0 bridgehead atoms. The standard InChI is InChI=1S/C43H30O4/c44-41(29-18-9-3-10-19-29)46-39-37-33-25-24-31(27-14-5-1-6-15-27)26-35(33)43(37)34-23-13-22-32(28-16-7-2-8-17-28)36(34)38(43)40(39)47-42(45)30-20-11-4-12-21-30/h1-26,37-40H/t37?,38-,39?,40?,43+/m1/s1. The van der Waals surface area contributed by atoms with Crippen LogP contribution in [0.25, 0.3) is 22.3 Å². The number of carbonyl (C=O) groups excluding carboxylic acids is 2. The molecule has 0 radical (unpaired) electrons. The molecule has 0 N–H and O–H groups in total. The minimum absolute atomic E-state index is 0.174. The van der Waals surface area contributed by atoms with E-state index in [1.807, 2.05) is 60.7 Å². The zero-order valence-electron chi connectivity index (χ0n) is 25.5. The molecule has 3 unspecified atom stereocenters. The molecule has 4 heteroatoms. The first-order valence-electron chi connectivity index (χ1n) is 16.1. The van der Waals surface area contributed by atoms with E-state index in [1.165, 1.54) is 11.1 Å². The number of benzene rings is 6. The van der Waals surface area contributed by atoms with Crippen molar-refractivity contribution in [1.82, 2.24) is 0 Å². The van der Waals surface area contributed by atoms with Crippen molar-refractivity contribution in [2.45, 2.75) is 29.5 Å². The third-order valence-corrected chi connectivity index (χ3v) is 10.4. The molecule has 0 amide bonds. The predicted octanol–water partition coefficient (Wildman–Crippen LogP) is 8.97. The second-order valence-electron chi connectivity index (χ2n) is 12.6. The maximum absolute atomic E-state index is 13.8. The van der Waals surface area contributed by atoms with E-state index < -0.39 is 29.6 Å². The van der Waals surface area contributed by atoms with E-state index in [0.29, 0.717) is 11.1 Å². The van der Waals surface area contributed by atoms with Gasteiger partial charge in [-0.3, -0.25) is 0 Å². The number of hydrogen-bond donors (Lipinski definition) is 0. The Labute approximate surface area is 273 Å². The summed E-state index contributed by atoms with van der Waals surface area (Å²) in [7, 11) is 0. The van der Waals surface area contributed by atoms with Gasteiger partial charge in [-0.25, -0.2) is 9.59 Å². The van der Waals surface area contributed by atoms with Gasteiger partial charge >= 0.3 is 11.9 Å². The quantitative estimate of drug-likeness (QED) is 0.177. The van der Waals surface area contributed by atoms with Crippen molar-refractivity contribution in [3.8, 4) is 22.3 Å². The number of hydrogen-bond acceptors (Lipinski definition) is 4. The van der Waals surface area contributed by atoms with Crippen molar-refractivity contribution in [3.05, 3.63) is 191 Å². The minimum atomic E-state index is -0.703. The summed E-state index contributed by atoms with van der Waals surface area (Å²) in [5.41, 5.74) is 9.67. The fraction of sp³-hybridized carbons (Fsp3) is 0.116. The lowest BCUT2D eigenvalue weighted by Gasteiger charge is -2.59. The van der Waals surface area contributed by atoms with Gasteiger partial charge in [-0.1, -0.05) is 127 Å². The topological polar surface area (TPSA) is 52.6 Å². The van der Waals surface area contributed by atoms with Crippen molar-refractivity contribution in [1.29, 1.82) is 0 Å². The average molecular weight is 611 g/mol. The zero-order chi connectivity index (χ0) is 31.5. The summed E-state index contributed by atoms with van der Waals surface area (Å²) in [6.45, 7) is 0. The fourth-order valence-corrected chi connectivity index (χ4v) is 8.49. The molecule has 6 aromatic carbocycles. The lowest BCUT2D eigenvalue weighted by atomic mass is 9.43. The Bertz CT molecular complexity index is 2140. The first-order valence-corrected chi connectivity index (χ1v) is 16.1. The van der Waals surface area contributed by atoms with Gasteiger partial charge in [0, 0.05) is 17.3 Å². The number of esters is 2. The summed E-state index contributed by atoms with van der Waals surface area (Å²) in [6.07, 6.45) is -1.39. The second-order valence-corrected chi connectivity index (χ2v) is 12.6. The third-order valence-electron chi connectivity index (χ3n) is 10.4. The molecule has 5 atom stereocenters. The van der Waals surface area contributed by atoms with E-state index >= 15 is 0 Å². The molecule has 1 spiro atoms. The van der Waals surface area contributed by atoms with E-state index in [1.54, 1.807) is 24.3 Å². The smallest absolute Gasteiger partial charge is 0.338 e. The monoisotopic (exact) mass is 610 g/mol. The van der Waals surface area contributed by atoms with Gasteiger partial charge in [0.1, 0.15) is 12.2 Å². The molecule has 3 aliphatic rings. The SMILES string of the molecule is O=C(OC1C(OC(=O)c2ccccc2)[C@H]2c3c(-c4ccccc4)cccc3[C@@]23c2cc(-c4ccccc4)ccc2C13)c1ccccc1. The van der Waals surface area contributed by atoms with Crippen LogP contribution in [0.4, 0.5) is 0 Å². The Morgan fingerprint density at radius 3 is 1.60 bits per heavy atom. The van der Waals surface area contributed by atoms with Crippen LogP contribution in [0, 0.1) is 0 Å². The lowest BCUT2D eigenvalue weighted by molar-refractivity contribution is -0.0317. The first kappa shape index (κ1) is 27.6. The molecule has 0 aliphatic heterocycles. The second kappa shape index (κ2) is 10.7. The molecule has 1 fully saturated rings. The van der Waals surface area contributed by atoms with Gasteiger partial charge in [0.05, 0.1) is 11.1 Å². The molecule has 0 saturated heterocycles. The van der Waals surface area contributed by atoms with Crippen LogP contribution < -0.4 is 0 Å². The summed E-state index contributed by atoms with van der Waals surface area (Å²) in [4.78, 5) is 27.6. The summed E-state index contributed by atoms with van der Waals surface area (Å²) >= 11 is 0. The predicted molar refractivity (Wildman–Crippen MR) is 181 cm³/mol. The molecule has 3 aliphatic carbocycles. The molecule has 0 heterocycles. The molecule has 1 saturated carbocycles. The molecule has 226 valence electrons.